The number of carbonyl (C=O) groups is 2. The van der Waals surface area contributed by atoms with E-state index in [2.05, 4.69) is 4.98 Å². The first kappa shape index (κ1) is 14.8. The molecule has 1 aliphatic heterocycles. The number of nitrogens with zero attached hydrogens (tertiary/aromatic N) is 2. The van der Waals surface area contributed by atoms with Gasteiger partial charge in [-0.2, -0.15) is 13.2 Å². The van der Waals surface area contributed by atoms with Gasteiger partial charge >= 0.3 is 6.18 Å². The smallest absolute Gasteiger partial charge is 0.296 e. The molecule has 1 amide bonds. The fourth-order valence-electron chi connectivity index (χ4n) is 1.92. The molecular weight excluding hydrogens is 293 g/mol. The SMILES string of the molecule is CC(=O)SC1CC(=O)N(c2ccc(C(F)(F)F)cn2)C1. The van der Waals surface area contributed by atoms with Crippen molar-refractivity contribution in [3.63, 3.8) is 0 Å². The van der Waals surface area contributed by atoms with Gasteiger partial charge < -0.3 is 0 Å². The number of aromatic nitrogens is 1. The van der Waals surface area contributed by atoms with Gasteiger partial charge in [0, 0.05) is 31.3 Å². The number of pyridine rings is 1. The third kappa shape index (κ3) is 3.30. The highest BCUT2D eigenvalue weighted by atomic mass is 32.2. The Bertz CT molecular complexity index is 530. The van der Waals surface area contributed by atoms with E-state index in [1.165, 1.54) is 17.9 Å². The summed E-state index contributed by atoms with van der Waals surface area (Å²) in [5, 5.41) is -0.269. The minimum atomic E-state index is -4.45. The molecule has 1 unspecified atom stereocenters. The van der Waals surface area contributed by atoms with Gasteiger partial charge in [0.2, 0.25) is 5.91 Å². The van der Waals surface area contributed by atoms with Crippen LogP contribution in [-0.4, -0.2) is 27.8 Å². The third-order valence-corrected chi connectivity index (χ3v) is 3.75. The van der Waals surface area contributed by atoms with Crippen LogP contribution >= 0.6 is 11.8 Å². The quantitative estimate of drug-likeness (QED) is 0.842. The van der Waals surface area contributed by atoms with Crippen LogP contribution in [0.15, 0.2) is 18.3 Å². The minimum absolute atomic E-state index is 0.0926. The lowest BCUT2D eigenvalue weighted by Gasteiger charge is -2.16. The average Bonchev–Trinajstić information content (AvgIpc) is 2.68. The molecule has 1 atom stereocenters. The van der Waals surface area contributed by atoms with Crippen molar-refractivity contribution >= 4 is 28.6 Å². The van der Waals surface area contributed by atoms with Crippen molar-refractivity contribution in [3.8, 4) is 0 Å². The highest BCUT2D eigenvalue weighted by Gasteiger charge is 2.34. The number of hydrogen-bond acceptors (Lipinski definition) is 4. The van der Waals surface area contributed by atoms with E-state index in [-0.39, 0.29) is 35.1 Å². The fourth-order valence-corrected chi connectivity index (χ4v) is 2.84. The van der Waals surface area contributed by atoms with Gasteiger partial charge in [0.05, 0.1) is 5.56 Å². The molecule has 1 aliphatic rings. The number of anilines is 1. The highest BCUT2D eigenvalue weighted by Crippen LogP contribution is 2.31. The first-order valence-corrected chi connectivity index (χ1v) is 6.66. The molecule has 0 radical (unpaired) electrons. The molecule has 1 aromatic rings. The summed E-state index contributed by atoms with van der Waals surface area (Å²) in [4.78, 5) is 27.8. The second-order valence-corrected chi connectivity index (χ2v) is 5.82. The van der Waals surface area contributed by atoms with Crippen LogP contribution in [0.25, 0.3) is 0 Å². The summed E-state index contributed by atoms with van der Waals surface area (Å²) in [7, 11) is 0. The largest absolute Gasteiger partial charge is 0.417 e. The van der Waals surface area contributed by atoms with Crippen LogP contribution in [0.5, 0.6) is 0 Å². The third-order valence-electron chi connectivity index (χ3n) is 2.77. The molecule has 20 heavy (non-hydrogen) atoms. The summed E-state index contributed by atoms with van der Waals surface area (Å²) in [6.45, 7) is 1.69. The highest BCUT2D eigenvalue weighted by molar-refractivity contribution is 8.14. The van der Waals surface area contributed by atoms with Gasteiger partial charge in [0.25, 0.3) is 0 Å². The van der Waals surface area contributed by atoms with Gasteiger partial charge in [-0.15, -0.1) is 0 Å². The Balaban J connectivity index is 2.12. The normalized spacial score (nSPS) is 19.5. The number of alkyl halides is 3. The maximum atomic E-state index is 12.4. The van der Waals surface area contributed by atoms with Gasteiger partial charge in [-0.25, -0.2) is 4.98 Å². The summed E-state index contributed by atoms with van der Waals surface area (Å²) in [5.74, 6) is -0.0642. The van der Waals surface area contributed by atoms with Crippen LogP contribution in [0.4, 0.5) is 19.0 Å². The molecule has 0 spiro atoms. The number of rotatable bonds is 2. The molecule has 1 saturated heterocycles. The first-order chi connectivity index (χ1) is 9.27. The molecule has 1 fully saturated rings. The Morgan fingerprint density at radius 1 is 1.45 bits per heavy atom. The monoisotopic (exact) mass is 304 g/mol. The molecule has 108 valence electrons. The van der Waals surface area contributed by atoms with Crippen molar-refractivity contribution in [2.45, 2.75) is 24.8 Å². The van der Waals surface area contributed by atoms with Gasteiger partial charge in [-0.05, 0) is 12.1 Å². The van der Waals surface area contributed by atoms with E-state index < -0.39 is 11.7 Å². The van der Waals surface area contributed by atoms with Crippen molar-refractivity contribution in [1.29, 1.82) is 0 Å². The molecule has 1 aromatic heterocycles. The summed E-state index contributed by atoms with van der Waals surface area (Å²) in [6, 6.07) is 2.06. The Kier molecular flexibility index (Phi) is 4.03. The molecule has 0 N–H and O–H groups in total. The minimum Gasteiger partial charge on any atom is -0.296 e. The molecular formula is C12H11F3N2O2S. The van der Waals surface area contributed by atoms with Gasteiger partial charge in [-0.3, -0.25) is 14.5 Å². The van der Waals surface area contributed by atoms with Crippen LogP contribution < -0.4 is 4.90 Å². The molecule has 4 nitrogen and oxygen atoms in total. The summed E-state index contributed by atoms with van der Waals surface area (Å²) in [6.07, 6.45) is -3.56. The van der Waals surface area contributed by atoms with E-state index in [0.29, 0.717) is 6.20 Å². The number of halogens is 3. The van der Waals surface area contributed by atoms with Gasteiger partial charge in [0.15, 0.2) is 5.12 Å². The Hall–Kier alpha value is -1.57. The first-order valence-electron chi connectivity index (χ1n) is 5.78. The van der Waals surface area contributed by atoms with Crippen LogP contribution in [-0.2, 0) is 15.8 Å². The van der Waals surface area contributed by atoms with E-state index >= 15 is 0 Å². The van der Waals surface area contributed by atoms with E-state index in [1.807, 2.05) is 0 Å². The zero-order chi connectivity index (χ0) is 14.9. The second kappa shape index (κ2) is 5.43. The second-order valence-electron chi connectivity index (χ2n) is 4.34. The number of carbonyl (C=O) groups excluding carboxylic acids is 2. The van der Waals surface area contributed by atoms with E-state index in [9.17, 15) is 22.8 Å². The zero-order valence-corrected chi connectivity index (χ0v) is 11.3. The predicted molar refractivity (Wildman–Crippen MR) is 68.3 cm³/mol. The van der Waals surface area contributed by atoms with Gasteiger partial charge in [-0.1, -0.05) is 11.8 Å². The average molecular weight is 304 g/mol. The molecule has 0 aromatic carbocycles. The Morgan fingerprint density at radius 2 is 2.15 bits per heavy atom. The predicted octanol–water partition coefficient (Wildman–Crippen LogP) is 2.49. The van der Waals surface area contributed by atoms with Crippen molar-refractivity contribution in [3.05, 3.63) is 23.9 Å². The van der Waals surface area contributed by atoms with Crippen LogP contribution in [0.3, 0.4) is 0 Å². The molecule has 0 bridgehead atoms. The molecule has 8 heteroatoms. The van der Waals surface area contributed by atoms with E-state index in [4.69, 9.17) is 0 Å². The lowest BCUT2D eigenvalue weighted by molar-refractivity contribution is -0.137. The van der Waals surface area contributed by atoms with Crippen LogP contribution in [0.1, 0.15) is 18.9 Å². The molecule has 2 heterocycles. The molecule has 0 saturated carbocycles. The lowest BCUT2D eigenvalue weighted by atomic mass is 10.3. The number of thioether (sulfide) groups is 1. The summed E-state index contributed by atoms with van der Waals surface area (Å²) >= 11 is 1.06. The Labute approximate surface area is 117 Å². The molecule has 2 rings (SSSR count). The topological polar surface area (TPSA) is 50.3 Å². The molecule has 0 aliphatic carbocycles. The maximum absolute atomic E-state index is 12.4. The lowest BCUT2D eigenvalue weighted by Crippen LogP contribution is -2.26. The summed E-state index contributed by atoms with van der Waals surface area (Å²) in [5.41, 5.74) is -0.859. The summed E-state index contributed by atoms with van der Waals surface area (Å²) < 4.78 is 37.3. The Morgan fingerprint density at radius 3 is 2.65 bits per heavy atom. The van der Waals surface area contributed by atoms with Crippen molar-refractivity contribution < 1.29 is 22.8 Å². The fraction of sp³-hybridized carbons (Fsp3) is 0.417. The van der Waals surface area contributed by atoms with Crippen molar-refractivity contribution in [1.82, 2.24) is 4.98 Å². The number of hydrogen-bond donors (Lipinski definition) is 0. The van der Waals surface area contributed by atoms with Crippen LogP contribution in [0, 0.1) is 0 Å². The van der Waals surface area contributed by atoms with E-state index in [1.54, 1.807) is 0 Å². The van der Waals surface area contributed by atoms with Crippen molar-refractivity contribution in [2.75, 3.05) is 11.4 Å². The van der Waals surface area contributed by atoms with Crippen LogP contribution in [0.2, 0.25) is 0 Å². The zero-order valence-electron chi connectivity index (χ0n) is 10.5. The standard InChI is InChI=1S/C12H11F3N2O2S/c1-7(18)20-9-4-11(19)17(6-9)10-3-2-8(5-16-10)12(13,14)15/h2-3,5,9H,4,6H2,1H3. The number of amides is 1. The van der Waals surface area contributed by atoms with E-state index in [0.717, 1.165) is 17.8 Å². The van der Waals surface area contributed by atoms with Gasteiger partial charge in [0.1, 0.15) is 5.82 Å². The maximum Gasteiger partial charge on any atom is 0.417 e. The van der Waals surface area contributed by atoms with Crippen molar-refractivity contribution in [2.24, 2.45) is 0 Å².